The zero-order valence-electron chi connectivity index (χ0n) is 13.5. The van der Waals surface area contributed by atoms with Gasteiger partial charge in [-0.3, -0.25) is 0 Å². The molecule has 2 aliphatic carbocycles. The van der Waals surface area contributed by atoms with Crippen LogP contribution in [0.5, 0.6) is 0 Å². The molecular formula is C16H27N5. The summed E-state index contributed by atoms with van der Waals surface area (Å²) in [5.41, 5.74) is 3.63. The number of nitrogens with one attached hydrogen (secondary N) is 2. The lowest BCUT2D eigenvalue weighted by Crippen LogP contribution is -2.28. The number of nitrogens with two attached hydrogens (primary N) is 1. The van der Waals surface area contributed by atoms with Crippen molar-refractivity contribution < 1.29 is 0 Å². The summed E-state index contributed by atoms with van der Waals surface area (Å²) >= 11 is 0. The number of fused-ring (bicyclic) bond motifs is 2. The van der Waals surface area contributed by atoms with Gasteiger partial charge in [0.1, 0.15) is 17.5 Å². The Labute approximate surface area is 127 Å². The molecule has 3 unspecified atom stereocenters. The van der Waals surface area contributed by atoms with Gasteiger partial charge < -0.3 is 10.7 Å². The lowest BCUT2D eigenvalue weighted by Gasteiger charge is -2.26. The molecule has 0 saturated heterocycles. The van der Waals surface area contributed by atoms with Crippen LogP contribution in [0.1, 0.15) is 57.8 Å². The maximum absolute atomic E-state index is 5.63. The fourth-order valence-electron chi connectivity index (χ4n) is 3.73. The molecular weight excluding hydrogens is 262 g/mol. The van der Waals surface area contributed by atoms with Gasteiger partial charge in [0.25, 0.3) is 0 Å². The maximum atomic E-state index is 5.63. The first-order valence-electron chi connectivity index (χ1n) is 8.00. The maximum Gasteiger partial charge on any atom is 0.148 e. The molecule has 0 aliphatic heterocycles. The molecule has 116 valence electrons. The van der Waals surface area contributed by atoms with Gasteiger partial charge in [0.2, 0.25) is 0 Å². The summed E-state index contributed by atoms with van der Waals surface area (Å²) in [6.07, 6.45) is 5.44. The Morgan fingerprint density at radius 2 is 1.81 bits per heavy atom. The van der Waals surface area contributed by atoms with Crippen LogP contribution in [0, 0.1) is 18.8 Å². The average molecular weight is 289 g/mol. The van der Waals surface area contributed by atoms with E-state index in [-0.39, 0.29) is 5.41 Å². The first kappa shape index (κ1) is 14.6. The molecule has 0 spiro atoms. The summed E-state index contributed by atoms with van der Waals surface area (Å²) in [4.78, 5) is 9.34. The van der Waals surface area contributed by atoms with E-state index in [2.05, 4.69) is 36.5 Å². The fraction of sp³-hybridized carbons (Fsp3) is 0.750. The van der Waals surface area contributed by atoms with Gasteiger partial charge in [-0.25, -0.2) is 15.8 Å². The molecule has 2 saturated carbocycles. The third-order valence-electron chi connectivity index (χ3n) is 5.01. The van der Waals surface area contributed by atoms with Gasteiger partial charge >= 0.3 is 0 Å². The lowest BCUT2D eigenvalue weighted by molar-refractivity contribution is 0.438. The Morgan fingerprint density at radius 1 is 1.10 bits per heavy atom. The van der Waals surface area contributed by atoms with Crippen molar-refractivity contribution in [2.24, 2.45) is 17.7 Å². The van der Waals surface area contributed by atoms with Crippen molar-refractivity contribution in [2.45, 2.75) is 64.8 Å². The Balaban J connectivity index is 1.89. The monoisotopic (exact) mass is 289 g/mol. The largest absolute Gasteiger partial charge is 0.367 e. The van der Waals surface area contributed by atoms with E-state index in [0.717, 1.165) is 34.9 Å². The summed E-state index contributed by atoms with van der Waals surface area (Å²) < 4.78 is 0. The topological polar surface area (TPSA) is 75.9 Å². The molecule has 0 amide bonds. The third-order valence-corrected chi connectivity index (χ3v) is 5.01. The molecule has 1 heterocycles. The van der Waals surface area contributed by atoms with E-state index in [9.17, 15) is 0 Å². The van der Waals surface area contributed by atoms with E-state index >= 15 is 0 Å². The molecule has 3 rings (SSSR count). The third kappa shape index (κ3) is 2.71. The second-order valence-corrected chi connectivity index (χ2v) is 7.69. The molecule has 2 fully saturated rings. The summed E-state index contributed by atoms with van der Waals surface area (Å²) in [6.45, 7) is 8.40. The van der Waals surface area contributed by atoms with Crippen molar-refractivity contribution in [3.8, 4) is 0 Å². The number of hydrogen-bond donors (Lipinski definition) is 3. The highest BCUT2D eigenvalue weighted by Gasteiger charge is 2.39. The number of anilines is 2. The van der Waals surface area contributed by atoms with Crippen LogP contribution in [0.2, 0.25) is 0 Å². The molecule has 2 bridgehead atoms. The number of hydrazine groups is 1. The van der Waals surface area contributed by atoms with E-state index in [4.69, 9.17) is 10.8 Å². The van der Waals surface area contributed by atoms with E-state index < -0.39 is 0 Å². The van der Waals surface area contributed by atoms with Gasteiger partial charge in [-0.05, 0) is 38.0 Å². The highest BCUT2D eigenvalue weighted by molar-refractivity contribution is 5.57. The molecule has 5 nitrogen and oxygen atoms in total. The minimum absolute atomic E-state index is 0.0928. The number of nitrogens with zero attached hydrogens (tertiary/aromatic N) is 2. The predicted molar refractivity (Wildman–Crippen MR) is 86.1 cm³/mol. The van der Waals surface area contributed by atoms with Gasteiger partial charge in [0.15, 0.2) is 0 Å². The molecule has 2 aliphatic rings. The number of hydrogen-bond acceptors (Lipinski definition) is 5. The summed E-state index contributed by atoms with van der Waals surface area (Å²) in [6, 6.07) is 0.566. The second kappa shape index (κ2) is 5.13. The van der Waals surface area contributed by atoms with Crippen LogP contribution in [0.25, 0.3) is 0 Å². The van der Waals surface area contributed by atoms with E-state index in [1.165, 1.54) is 25.7 Å². The number of nitrogen functional groups attached to an aromatic ring is 1. The Kier molecular flexibility index (Phi) is 3.56. The zero-order valence-corrected chi connectivity index (χ0v) is 13.5. The van der Waals surface area contributed by atoms with Crippen LogP contribution in [0.15, 0.2) is 0 Å². The highest BCUT2D eigenvalue weighted by atomic mass is 15.3. The van der Waals surface area contributed by atoms with Crippen LogP contribution in [0.4, 0.5) is 11.6 Å². The SMILES string of the molecule is Cc1c(NN)nc(C(C)(C)C)nc1NC1CC2CCC1C2. The molecule has 1 aromatic heterocycles. The first-order chi connectivity index (χ1) is 9.88. The molecule has 5 heteroatoms. The van der Waals surface area contributed by atoms with Crippen LogP contribution in [0.3, 0.4) is 0 Å². The molecule has 0 aromatic carbocycles. The van der Waals surface area contributed by atoms with Gasteiger partial charge in [0.05, 0.1) is 0 Å². The Bertz CT molecular complexity index is 534. The summed E-state index contributed by atoms with van der Waals surface area (Å²) in [5.74, 6) is 9.86. The van der Waals surface area contributed by atoms with Crippen LogP contribution in [-0.4, -0.2) is 16.0 Å². The van der Waals surface area contributed by atoms with Crippen molar-refractivity contribution >= 4 is 11.6 Å². The lowest BCUT2D eigenvalue weighted by atomic mass is 9.94. The summed E-state index contributed by atoms with van der Waals surface area (Å²) in [5, 5.41) is 3.68. The minimum Gasteiger partial charge on any atom is -0.367 e. The van der Waals surface area contributed by atoms with Crippen molar-refractivity contribution in [2.75, 3.05) is 10.7 Å². The van der Waals surface area contributed by atoms with Crippen LogP contribution >= 0.6 is 0 Å². The molecule has 3 atom stereocenters. The van der Waals surface area contributed by atoms with Gasteiger partial charge in [-0.1, -0.05) is 27.2 Å². The van der Waals surface area contributed by atoms with Crippen LogP contribution in [-0.2, 0) is 5.41 Å². The van der Waals surface area contributed by atoms with Crippen molar-refractivity contribution in [1.82, 2.24) is 9.97 Å². The fourth-order valence-corrected chi connectivity index (χ4v) is 3.73. The van der Waals surface area contributed by atoms with Gasteiger partial charge in [-0.15, -0.1) is 0 Å². The number of aromatic nitrogens is 2. The average Bonchev–Trinajstić information content (AvgIpc) is 3.02. The Hall–Kier alpha value is -1.36. The standard InChI is InChI=1S/C16H27N5/c1-9-13(18-12-8-10-5-6-11(12)7-10)19-15(16(2,3)4)20-14(9)21-17/h10-12H,5-8,17H2,1-4H3,(H2,18,19,20,21). The molecule has 4 N–H and O–H groups in total. The second-order valence-electron chi connectivity index (χ2n) is 7.69. The van der Waals surface area contributed by atoms with Crippen molar-refractivity contribution in [1.29, 1.82) is 0 Å². The van der Waals surface area contributed by atoms with E-state index in [1.54, 1.807) is 0 Å². The number of rotatable bonds is 3. The van der Waals surface area contributed by atoms with Gasteiger partial charge in [-0.2, -0.15) is 0 Å². The zero-order chi connectivity index (χ0) is 15.2. The van der Waals surface area contributed by atoms with E-state index in [0.29, 0.717) is 6.04 Å². The Morgan fingerprint density at radius 3 is 2.33 bits per heavy atom. The van der Waals surface area contributed by atoms with Crippen molar-refractivity contribution in [3.05, 3.63) is 11.4 Å². The first-order valence-corrected chi connectivity index (χ1v) is 8.00. The quantitative estimate of drug-likeness (QED) is 0.589. The van der Waals surface area contributed by atoms with Crippen molar-refractivity contribution in [3.63, 3.8) is 0 Å². The molecule has 1 aromatic rings. The van der Waals surface area contributed by atoms with Gasteiger partial charge in [0, 0.05) is 17.0 Å². The summed E-state index contributed by atoms with van der Waals surface area (Å²) in [7, 11) is 0. The normalized spacial score (nSPS) is 28.0. The smallest absolute Gasteiger partial charge is 0.148 e. The molecule has 0 radical (unpaired) electrons. The van der Waals surface area contributed by atoms with E-state index in [1.807, 2.05) is 6.92 Å². The van der Waals surface area contributed by atoms with Crippen LogP contribution < -0.4 is 16.6 Å². The highest BCUT2D eigenvalue weighted by Crippen LogP contribution is 2.45. The predicted octanol–water partition coefficient (Wildman–Crippen LogP) is 2.97. The minimum atomic E-state index is -0.0928. The molecule has 21 heavy (non-hydrogen) atoms.